The number of rotatable bonds is 8. The molecule has 0 saturated heterocycles. The van der Waals surface area contributed by atoms with E-state index in [1.54, 1.807) is 36.4 Å². The Labute approximate surface area is 430 Å². The predicted molar refractivity (Wildman–Crippen MR) is 268 cm³/mol. The molecule has 7 aromatic rings. The second-order valence-corrected chi connectivity index (χ2v) is 18.2. The number of phenolic OH excluding ortho intramolecular Hbond substituents is 2. The third-order valence-electron chi connectivity index (χ3n) is 13.8. The molecule has 0 fully saturated rings. The van der Waals surface area contributed by atoms with Gasteiger partial charge in [0, 0.05) is 81.1 Å². The molecule has 11 rings (SSSR count). The van der Waals surface area contributed by atoms with E-state index in [9.17, 15) is 54.9 Å². The number of hydrogen-bond acceptors (Lipinski definition) is 16. The maximum atomic E-state index is 12.8. The Hall–Kier alpha value is -9.36. The molecule has 2 spiro atoms. The molecule has 0 bridgehead atoms. The third kappa shape index (κ3) is 10.3. The molecule has 2 N–H and O–H groups in total. The Bertz CT molecular complexity index is 3210. The van der Waals surface area contributed by atoms with Crippen LogP contribution >= 0.6 is 11.6 Å². The van der Waals surface area contributed by atoms with Gasteiger partial charge in [0.15, 0.2) is 0 Å². The van der Waals surface area contributed by atoms with Gasteiger partial charge in [-0.25, -0.2) is 14.4 Å². The topological polar surface area (TPSA) is 267 Å². The number of aromatic hydroxyl groups is 2. The first-order chi connectivity index (χ1) is 36.0. The lowest BCUT2D eigenvalue weighted by atomic mass is 9.76. The first-order valence-corrected chi connectivity index (χ1v) is 23.7. The van der Waals surface area contributed by atoms with Crippen LogP contribution in [0.1, 0.15) is 70.2 Å². The predicted octanol–water partition coefficient (Wildman–Crippen LogP) is 12.4. The molecule has 75 heavy (non-hydrogen) atoms. The standard InChI is InChI=1S/C31H22N2O10.C17H16O2.C7H4ClNO4/c34-29(40-23-11-7-21(8-12-23)32(36)37)42-25-5-1-3-19-15-17-31(27(19)25)18-16-20-4-2-6-26(28(20)31)43-30(35)41-24-13-9-22(10-14-24)33(38)39;18-13-5-1-3-11-7-9-17(15(11)13)10-8-12-4-2-6-14(19)16(12)17;8-7(10)13-6-3-1-5(2-4-6)9(11)12/h1-14H,15-18H2;1-6,18-19H,7-10H2;1-4H. The lowest BCUT2D eigenvalue weighted by molar-refractivity contribution is -0.385. The lowest BCUT2D eigenvalue weighted by Gasteiger charge is -2.29. The van der Waals surface area contributed by atoms with E-state index >= 15 is 0 Å². The number of carbonyl (C=O) groups is 3. The molecule has 4 aliphatic carbocycles. The largest absolute Gasteiger partial charge is 0.519 e. The maximum absolute atomic E-state index is 12.8. The van der Waals surface area contributed by atoms with Gasteiger partial charge in [-0.05, 0) is 134 Å². The van der Waals surface area contributed by atoms with Crippen LogP contribution in [0.4, 0.5) is 31.4 Å². The fraction of sp³-hybridized carbons (Fsp3) is 0.182. The van der Waals surface area contributed by atoms with Crippen molar-refractivity contribution in [3.63, 3.8) is 0 Å². The van der Waals surface area contributed by atoms with E-state index < -0.39 is 37.9 Å². The molecular weight excluding hydrogens is 994 g/mol. The summed E-state index contributed by atoms with van der Waals surface area (Å²) in [5.74, 6) is 1.72. The molecule has 0 saturated carbocycles. The highest BCUT2D eigenvalue weighted by atomic mass is 35.5. The first kappa shape index (κ1) is 50.6. The van der Waals surface area contributed by atoms with Crippen molar-refractivity contribution in [1.29, 1.82) is 0 Å². The van der Waals surface area contributed by atoms with Gasteiger partial charge in [0.1, 0.15) is 40.2 Å². The van der Waals surface area contributed by atoms with Crippen LogP contribution in [0.15, 0.2) is 146 Å². The molecule has 0 radical (unpaired) electrons. The lowest BCUT2D eigenvalue weighted by Crippen LogP contribution is -2.25. The van der Waals surface area contributed by atoms with Crippen LogP contribution in [0, 0.1) is 30.3 Å². The highest BCUT2D eigenvalue weighted by molar-refractivity contribution is 6.61. The SMILES string of the molecule is O=C(Cl)Oc1ccc([N+](=O)[O-])cc1.O=C(Oc1ccc([N+](=O)[O-])cc1)Oc1cccc2c1C1(CC2)CCc2cccc(OC(=O)Oc3ccc([N+](=O)[O-])cc3)c21.Oc1cccc2c1C1(CC2)CCc2cccc(O)c21. The third-order valence-corrected chi connectivity index (χ3v) is 13.9. The van der Waals surface area contributed by atoms with Crippen LogP contribution in [0.2, 0.25) is 0 Å². The van der Waals surface area contributed by atoms with E-state index in [-0.39, 0.29) is 39.7 Å². The Kier molecular flexibility index (Phi) is 14.2. The van der Waals surface area contributed by atoms with Crippen LogP contribution in [0.3, 0.4) is 0 Å². The molecule has 0 aliphatic heterocycles. The monoisotopic (exact) mass is 1040 g/mol. The number of phenols is 2. The number of fused-ring (bicyclic) bond motifs is 8. The molecule has 380 valence electrons. The average Bonchev–Trinajstić information content (AvgIpc) is 4.20. The average molecular weight is 1040 g/mol. The first-order valence-electron chi connectivity index (χ1n) is 23.3. The van der Waals surface area contributed by atoms with E-state index in [1.165, 1.54) is 83.9 Å². The van der Waals surface area contributed by atoms with Crippen LogP contribution < -0.4 is 23.7 Å². The summed E-state index contributed by atoms with van der Waals surface area (Å²) in [5.41, 5.74) is 6.02. The molecule has 0 atom stereocenters. The number of aryl methyl sites for hydroxylation is 4. The fourth-order valence-electron chi connectivity index (χ4n) is 10.8. The number of non-ortho nitro benzene ring substituents is 3. The molecule has 4 aliphatic rings. The van der Waals surface area contributed by atoms with Crippen molar-refractivity contribution in [3.8, 4) is 40.2 Å². The second kappa shape index (κ2) is 21.0. The molecule has 0 unspecified atom stereocenters. The summed E-state index contributed by atoms with van der Waals surface area (Å²) in [6.45, 7) is 0. The van der Waals surface area contributed by atoms with E-state index in [0.29, 0.717) is 48.7 Å². The number of hydrogen-bond donors (Lipinski definition) is 2. The van der Waals surface area contributed by atoms with Gasteiger partial charge in [0.2, 0.25) is 0 Å². The van der Waals surface area contributed by atoms with Crippen LogP contribution in [-0.4, -0.2) is 42.7 Å². The quantitative estimate of drug-likeness (QED) is 0.0471. The van der Waals surface area contributed by atoms with Gasteiger partial charge in [0.05, 0.1) is 14.8 Å². The second-order valence-electron chi connectivity index (χ2n) is 17.9. The van der Waals surface area contributed by atoms with Crippen molar-refractivity contribution in [2.24, 2.45) is 0 Å². The molecule has 7 aromatic carbocycles. The van der Waals surface area contributed by atoms with Crippen molar-refractivity contribution in [2.45, 2.75) is 62.2 Å². The van der Waals surface area contributed by atoms with Crippen LogP contribution in [0.5, 0.6) is 40.2 Å². The van der Waals surface area contributed by atoms with Gasteiger partial charge in [-0.1, -0.05) is 48.5 Å². The minimum atomic E-state index is -1.00. The normalized spacial score (nSPS) is 14.3. The minimum Gasteiger partial charge on any atom is -0.508 e. The van der Waals surface area contributed by atoms with E-state index in [1.807, 2.05) is 24.3 Å². The molecule has 0 amide bonds. The maximum Gasteiger partial charge on any atom is 0.519 e. The summed E-state index contributed by atoms with van der Waals surface area (Å²) in [5, 5.41) is 52.6. The van der Waals surface area contributed by atoms with E-state index in [4.69, 9.17) is 30.5 Å². The Morgan fingerprint density at radius 3 is 1.03 bits per heavy atom. The zero-order chi connectivity index (χ0) is 53.0. The highest BCUT2D eigenvalue weighted by Crippen LogP contribution is 2.59. The highest BCUT2D eigenvalue weighted by Gasteiger charge is 2.50. The zero-order valence-electron chi connectivity index (χ0n) is 39.3. The molecule has 19 nitrogen and oxygen atoms in total. The zero-order valence-corrected chi connectivity index (χ0v) is 40.1. The summed E-state index contributed by atoms with van der Waals surface area (Å²) < 4.78 is 26.4. The van der Waals surface area contributed by atoms with Crippen molar-refractivity contribution in [2.75, 3.05) is 0 Å². The van der Waals surface area contributed by atoms with Gasteiger partial charge in [-0.3, -0.25) is 30.3 Å². The van der Waals surface area contributed by atoms with Crippen LogP contribution in [0.25, 0.3) is 0 Å². The van der Waals surface area contributed by atoms with Gasteiger partial charge < -0.3 is 33.9 Å². The Balaban J connectivity index is 0.000000175. The summed E-state index contributed by atoms with van der Waals surface area (Å²) in [6.07, 6.45) is 4.72. The van der Waals surface area contributed by atoms with E-state index in [2.05, 4.69) is 16.9 Å². The molecule has 0 aromatic heterocycles. The van der Waals surface area contributed by atoms with Crippen molar-refractivity contribution < 1.29 is 63.1 Å². The number of benzene rings is 7. The number of halogens is 1. The number of nitrogens with zero attached hydrogens (tertiary/aromatic N) is 3. The summed E-state index contributed by atoms with van der Waals surface area (Å²) in [7, 11) is 0. The van der Waals surface area contributed by atoms with Crippen molar-refractivity contribution >= 4 is 46.4 Å². The number of nitro benzene ring substituents is 3. The minimum absolute atomic E-state index is 0.0747. The van der Waals surface area contributed by atoms with Gasteiger partial charge >= 0.3 is 17.7 Å². The summed E-state index contributed by atoms with van der Waals surface area (Å²) >= 11 is 4.92. The summed E-state index contributed by atoms with van der Waals surface area (Å²) in [6, 6.07) is 37.5. The molecule has 0 heterocycles. The van der Waals surface area contributed by atoms with E-state index in [0.717, 1.165) is 59.1 Å². The fourth-order valence-corrected chi connectivity index (χ4v) is 10.9. The molecular formula is C55H42ClN3O16. The van der Waals surface area contributed by atoms with Gasteiger partial charge in [-0.2, -0.15) is 0 Å². The number of ether oxygens (including phenoxy) is 5. The number of carbonyl (C=O) groups excluding carboxylic acids is 3. The Morgan fingerprint density at radius 2 is 0.707 bits per heavy atom. The Morgan fingerprint density at radius 1 is 0.413 bits per heavy atom. The molecule has 20 heteroatoms. The number of nitro groups is 3. The smallest absolute Gasteiger partial charge is 0.508 e. The van der Waals surface area contributed by atoms with Gasteiger partial charge in [-0.15, -0.1) is 0 Å². The van der Waals surface area contributed by atoms with Crippen molar-refractivity contribution in [3.05, 3.63) is 220 Å². The van der Waals surface area contributed by atoms with Crippen LogP contribution in [-0.2, 0) is 36.5 Å². The van der Waals surface area contributed by atoms with Gasteiger partial charge in [0.25, 0.3) is 17.1 Å². The summed E-state index contributed by atoms with van der Waals surface area (Å²) in [4.78, 5) is 66.2. The van der Waals surface area contributed by atoms with Crippen molar-refractivity contribution in [1.82, 2.24) is 0 Å².